The van der Waals surface area contributed by atoms with E-state index in [9.17, 15) is 18.0 Å². The van der Waals surface area contributed by atoms with E-state index in [-0.39, 0.29) is 27.7 Å². The summed E-state index contributed by atoms with van der Waals surface area (Å²) in [5.74, 6) is -1.54. The van der Waals surface area contributed by atoms with E-state index in [1.165, 1.54) is 23.9 Å². The van der Waals surface area contributed by atoms with Crippen molar-refractivity contribution in [2.45, 2.75) is 42.2 Å². The number of fused-ring (bicyclic) bond motifs is 1. The average Bonchev–Trinajstić information content (AvgIpc) is 2.68. The molecule has 0 saturated heterocycles. The fourth-order valence-electron chi connectivity index (χ4n) is 3.09. The van der Waals surface area contributed by atoms with Gasteiger partial charge < -0.3 is 10.6 Å². The highest BCUT2D eigenvalue weighted by molar-refractivity contribution is 8.01. The molecule has 29 heavy (non-hydrogen) atoms. The molecule has 0 radical (unpaired) electrons. The van der Waals surface area contributed by atoms with E-state index in [2.05, 4.69) is 10.6 Å². The number of carbonyl (C=O) groups is 2. The first-order valence-corrected chi connectivity index (χ1v) is 12.0. The number of carbonyl (C=O) groups excluding carboxylic acids is 2. The normalized spacial score (nSPS) is 17.2. The van der Waals surface area contributed by atoms with Crippen LogP contribution in [0.5, 0.6) is 0 Å². The van der Waals surface area contributed by atoms with Gasteiger partial charge in [-0.15, -0.1) is 11.8 Å². The number of benzene rings is 2. The second-order valence-corrected chi connectivity index (χ2v) is 10.5. The van der Waals surface area contributed by atoms with Crippen LogP contribution in [0.2, 0.25) is 0 Å². The molecule has 3 rings (SSSR count). The van der Waals surface area contributed by atoms with Gasteiger partial charge in [0.15, 0.2) is 9.84 Å². The van der Waals surface area contributed by atoms with E-state index >= 15 is 0 Å². The van der Waals surface area contributed by atoms with Crippen LogP contribution in [0.15, 0.2) is 52.3 Å². The number of para-hydroxylation sites is 1. The van der Waals surface area contributed by atoms with Crippen molar-refractivity contribution in [3.05, 3.63) is 48.0 Å². The summed E-state index contributed by atoms with van der Waals surface area (Å²) in [6.07, 6.45) is 0.764. The molecule has 0 aliphatic carbocycles. The van der Waals surface area contributed by atoms with Crippen molar-refractivity contribution in [1.29, 1.82) is 0 Å². The summed E-state index contributed by atoms with van der Waals surface area (Å²) in [5.41, 5.74) is 2.19. The number of sulfone groups is 1. The van der Waals surface area contributed by atoms with E-state index in [0.717, 1.165) is 16.9 Å². The zero-order valence-corrected chi connectivity index (χ0v) is 18.2. The van der Waals surface area contributed by atoms with Crippen molar-refractivity contribution in [1.82, 2.24) is 0 Å². The summed E-state index contributed by atoms with van der Waals surface area (Å²) in [6.45, 7) is 5.39. The van der Waals surface area contributed by atoms with Gasteiger partial charge in [-0.05, 0) is 43.2 Å². The number of thioether (sulfide) groups is 1. The Balaban J connectivity index is 1.74. The highest BCUT2D eigenvalue weighted by Gasteiger charge is 2.27. The summed E-state index contributed by atoms with van der Waals surface area (Å²) in [6, 6.07) is 12.2. The first-order chi connectivity index (χ1) is 13.7. The van der Waals surface area contributed by atoms with Gasteiger partial charge in [0, 0.05) is 16.5 Å². The van der Waals surface area contributed by atoms with Crippen LogP contribution < -0.4 is 10.6 Å². The highest BCUT2D eigenvalue weighted by atomic mass is 32.2. The summed E-state index contributed by atoms with van der Waals surface area (Å²) >= 11 is 1.39. The van der Waals surface area contributed by atoms with Crippen molar-refractivity contribution in [3.63, 3.8) is 0 Å². The van der Waals surface area contributed by atoms with Gasteiger partial charge in [0.1, 0.15) is 0 Å². The minimum atomic E-state index is -3.70. The van der Waals surface area contributed by atoms with Gasteiger partial charge in [-0.2, -0.15) is 0 Å². The second-order valence-electron chi connectivity index (χ2n) is 7.09. The van der Waals surface area contributed by atoms with Crippen LogP contribution in [-0.4, -0.2) is 31.2 Å². The van der Waals surface area contributed by atoms with Crippen LogP contribution in [0.3, 0.4) is 0 Å². The van der Waals surface area contributed by atoms with Crippen molar-refractivity contribution < 1.29 is 18.0 Å². The molecule has 2 aromatic rings. The maximum atomic E-state index is 12.9. The number of aryl methyl sites for hydroxylation is 1. The Labute approximate surface area is 175 Å². The second kappa shape index (κ2) is 8.59. The first-order valence-electron chi connectivity index (χ1n) is 9.44. The molecule has 2 amide bonds. The van der Waals surface area contributed by atoms with Crippen LogP contribution in [0.1, 0.15) is 26.3 Å². The van der Waals surface area contributed by atoms with Crippen LogP contribution in [-0.2, 0) is 25.8 Å². The minimum Gasteiger partial charge on any atom is -0.326 e. The van der Waals surface area contributed by atoms with E-state index in [4.69, 9.17) is 0 Å². The van der Waals surface area contributed by atoms with Gasteiger partial charge in [-0.25, -0.2) is 8.42 Å². The SMILES string of the molecule is CCc1ccccc1NC(=O)[C@@H](C)CS(=O)(=O)c1ccc2c(c1)NC(=O)[C@H](C)S2. The molecule has 2 N–H and O–H groups in total. The van der Waals surface area contributed by atoms with Crippen LogP contribution in [0.4, 0.5) is 11.4 Å². The smallest absolute Gasteiger partial charge is 0.237 e. The molecule has 1 aliphatic rings. The summed E-state index contributed by atoms with van der Waals surface area (Å²) in [7, 11) is -3.70. The molecule has 154 valence electrons. The van der Waals surface area contributed by atoms with E-state index in [1.807, 2.05) is 31.2 Å². The lowest BCUT2D eigenvalue weighted by Crippen LogP contribution is -2.28. The number of hydrogen-bond donors (Lipinski definition) is 2. The molecule has 1 aliphatic heterocycles. The first kappa shape index (κ1) is 21.4. The average molecular weight is 433 g/mol. The molecule has 0 aromatic heterocycles. The van der Waals surface area contributed by atoms with Gasteiger partial charge in [0.05, 0.1) is 21.6 Å². The Morgan fingerprint density at radius 2 is 1.97 bits per heavy atom. The lowest BCUT2D eigenvalue weighted by atomic mass is 10.1. The van der Waals surface area contributed by atoms with E-state index in [0.29, 0.717) is 11.4 Å². The number of anilines is 2. The molecule has 2 atom stereocenters. The number of rotatable bonds is 6. The van der Waals surface area contributed by atoms with Gasteiger partial charge in [-0.3, -0.25) is 9.59 Å². The minimum absolute atomic E-state index is 0.0975. The maximum absolute atomic E-state index is 12.9. The molecule has 8 heteroatoms. The number of hydrogen-bond acceptors (Lipinski definition) is 5. The molecule has 0 fully saturated rings. The molecule has 1 heterocycles. The molecule has 0 saturated carbocycles. The van der Waals surface area contributed by atoms with Crippen LogP contribution in [0, 0.1) is 5.92 Å². The Hall–Kier alpha value is -2.32. The van der Waals surface area contributed by atoms with Gasteiger partial charge in [0.2, 0.25) is 11.8 Å². The lowest BCUT2D eigenvalue weighted by Gasteiger charge is -2.22. The molecule has 0 bridgehead atoms. The summed E-state index contributed by atoms with van der Waals surface area (Å²) in [5, 5.41) is 5.35. The van der Waals surface area contributed by atoms with Crippen LogP contribution in [0.25, 0.3) is 0 Å². The molecule has 6 nitrogen and oxygen atoms in total. The number of amides is 2. The Kier molecular flexibility index (Phi) is 6.33. The zero-order valence-electron chi connectivity index (χ0n) is 16.6. The van der Waals surface area contributed by atoms with E-state index < -0.39 is 15.8 Å². The molecular formula is C21H24N2O4S2. The lowest BCUT2D eigenvalue weighted by molar-refractivity contribution is -0.119. The molecule has 0 unspecified atom stereocenters. The fourth-order valence-corrected chi connectivity index (χ4v) is 5.59. The third-order valence-electron chi connectivity index (χ3n) is 4.81. The van der Waals surface area contributed by atoms with Crippen molar-refractivity contribution in [2.24, 2.45) is 5.92 Å². The standard InChI is InChI=1S/C21H24N2O4S2/c1-4-15-7-5-6-8-17(15)22-20(24)13(2)12-29(26,27)16-9-10-19-18(11-16)23-21(25)14(3)28-19/h5-11,13-14H,4,12H2,1-3H3,(H,22,24)(H,23,25)/t13-,14-/m0/s1. The summed E-state index contributed by atoms with van der Waals surface area (Å²) in [4.78, 5) is 25.4. The Morgan fingerprint density at radius 3 is 2.69 bits per heavy atom. The van der Waals surface area contributed by atoms with Gasteiger partial charge in [-0.1, -0.05) is 32.0 Å². The predicted molar refractivity (Wildman–Crippen MR) is 116 cm³/mol. The predicted octanol–water partition coefficient (Wildman–Crippen LogP) is 3.73. The summed E-state index contributed by atoms with van der Waals surface area (Å²) < 4.78 is 25.7. The maximum Gasteiger partial charge on any atom is 0.237 e. The quantitative estimate of drug-likeness (QED) is 0.726. The highest BCUT2D eigenvalue weighted by Crippen LogP contribution is 2.37. The fraction of sp³-hybridized carbons (Fsp3) is 0.333. The molecule has 2 aromatic carbocycles. The third-order valence-corrected chi connectivity index (χ3v) is 7.90. The van der Waals surface area contributed by atoms with Crippen LogP contribution >= 0.6 is 11.8 Å². The number of nitrogens with one attached hydrogen (secondary N) is 2. The largest absolute Gasteiger partial charge is 0.326 e. The topological polar surface area (TPSA) is 92.3 Å². The Morgan fingerprint density at radius 1 is 1.24 bits per heavy atom. The molecule has 0 spiro atoms. The molecular weight excluding hydrogens is 408 g/mol. The Bertz CT molecular complexity index is 1050. The van der Waals surface area contributed by atoms with Crippen molar-refractivity contribution in [3.8, 4) is 0 Å². The van der Waals surface area contributed by atoms with E-state index in [1.54, 1.807) is 19.9 Å². The van der Waals surface area contributed by atoms with Crippen molar-refractivity contribution in [2.75, 3.05) is 16.4 Å². The van der Waals surface area contributed by atoms with Gasteiger partial charge in [0.25, 0.3) is 0 Å². The van der Waals surface area contributed by atoms with Gasteiger partial charge >= 0.3 is 0 Å². The zero-order chi connectivity index (χ0) is 21.2. The van der Waals surface area contributed by atoms with Crippen molar-refractivity contribution >= 4 is 44.8 Å². The third kappa shape index (κ3) is 4.82. The monoisotopic (exact) mass is 432 g/mol.